The predicted molar refractivity (Wildman–Crippen MR) is 74.6 cm³/mol. The molecule has 0 amide bonds. The summed E-state index contributed by atoms with van der Waals surface area (Å²) in [6.45, 7) is 4.48. The van der Waals surface area contributed by atoms with E-state index in [0.717, 1.165) is 16.7 Å². The first-order valence-electron chi connectivity index (χ1n) is 6.36. The molecule has 4 nitrogen and oxygen atoms in total. The van der Waals surface area contributed by atoms with Gasteiger partial charge in [-0.05, 0) is 38.1 Å². The first-order chi connectivity index (χ1) is 9.10. The zero-order valence-corrected chi connectivity index (χ0v) is 11.6. The van der Waals surface area contributed by atoms with Crippen molar-refractivity contribution in [2.45, 2.75) is 26.5 Å². The number of carbonyl (C=O) groups is 1. The van der Waals surface area contributed by atoms with Crippen molar-refractivity contribution in [1.82, 2.24) is 4.57 Å². The molecule has 0 unspecified atom stereocenters. The van der Waals surface area contributed by atoms with Gasteiger partial charge in [0, 0.05) is 24.2 Å². The summed E-state index contributed by atoms with van der Waals surface area (Å²) in [6.07, 6.45) is 2.07. The summed E-state index contributed by atoms with van der Waals surface area (Å²) in [5.74, 6) is 0.908. The number of methoxy groups -OCH3 is 1. The lowest BCUT2D eigenvalue weighted by Gasteiger charge is -2.10. The highest BCUT2D eigenvalue weighted by Gasteiger charge is 2.07. The lowest BCUT2D eigenvalue weighted by Crippen LogP contribution is -2.14. The molecule has 2 aromatic rings. The van der Waals surface area contributed by atoms with E-state index in [1.165, 1.54) is 7.11 Å². The van der Waals surface area contributed by atoms with Crippen LogP contribution in [0.1, 0.15) is 13.8 Å². The third kappa shape index (κ3) is 3.35. The molecule has 1 aromatic heterocycles. The van der Waals surface area contributed by atoms with E-state index < -0.39 is 0 Å². The van der Waals surface area contributed by atoms with Crippen LogP contribution in [0.5, 0.6) is 5.75 Å². The van der Waals surface area contributed by atoms with E-state index in [1.54, 1.807) is 0 Å². The molecule has 2 rings (SSSR count). The van der Waals surface area contributed by atoms with Crippen LogP contribution in [-0.4, -0.2) is 30.2 Å². The van der Waals surface area contributed by atoms with Crippen LogP contribution in [0.2, 0.25) is 0 Å². The number of hydrogen-bond donors (Lipinski definition) is 0. The van der Waals surface area contributed by atoms with Crippen LogP contribution in [-0.2, 0) is 16.1 Å². The van der Waals surface area contributed by atoms with E-state index >= 15 is 0 Å². The molecule has 0 atom stereocenters. The zero-order chi connectivity index (χ0) is 13.8. The minimum Gasteiger partial charge on any atom is -0.491 e. The Labute approximate surface area is 112 Å². The van der Waals surface area contributed by atoms with Crippen molar-refractivity contribution >= 4 is 16.7 Å². The van der Waals surface area contributed by atoms with Crippen LogP contribution in [0.4, 0.5) is 0 Å². The monoisotopic (exact) mass is 261 g/mol. The lowest BCUT2D eigenvalue weighted by atomic mass is 10.2. The third-order valence-electron chi connectivity index (χ3n) is 2.77. The summed E-state index contributed by atoms with van der Waals surface area (Å²) in [4.78, 5) is 11.6. The molecule has 0 saturated carbocycles. The Kier molecular flexibility index (Phi) is 4.22. The Morgan fingerprint density at radius 1 is 1.32 bits per heavy atom. The minimum absolute atomic E-state index is 0.0579. The predicted octanol–water partition coefficient (Wildman–Crippen LogP) is 2.64. The summed E-state index contributed by atoms with van der Waals surface area (Å²) in [6, 6.07) is 7.89. The average Bonchev–Trinajstić information content (AvgIpc) is 2.71. The Morgan fingerprint density at radius 3 is 2.79 bits per heavy atom. The number of fused-ring (bicyclic) bond motifs is 1. The van der Waals surface area contributed by atoms with E-state index in [-0.39, 0.29) is 18.5 Å². The van der Waals surface area contributed by atoms with Crippen LogP contribution in [0.3, 0.4) is 0 Å². The van der Waals surface area contributed by atoms with E-state index in [4.69, 9.17) is 9.47 Å². The summed E-state index contributed by atoms with van der Waals surface area (Å²) in [5.41, 5.74) is 1.03. The molecule has 0 bridgehead atoms. The zero-order valence-electron chi connectivity index (χ0n) is 11.6. The Hall–Kier alpha value is -1.81. The van der Waals surface area contributed by atoms with Crippen LogP contribution in [0, 0.1) is 0 Å². The Bertz CT molecular complexity index is 572. The molecule has 19 heavy (non-hydrogen) atoms. The van der Waals surface area contributed by atoms with E-state index in [1.807, 2.05) is 48.9 Å². The van der Waals surface area contributed by atoms with E-state index in [0.29, 0.717) is 6.54 Å². The van der Waals surface area contributed by atoms with Crippen molar-refractivity contribution in [3.63, 3.8) is 0 Å². The average molecular weight is 261 g/mol. The minimum atomic E-state index is 0.0579. The van der Waals surface area contributed by atoms with Gasteiger partial charge in [-0.1, -0.05) is 0 Å². The molecule has 4 heteroatoms. The van der Waals surface area contributed by atoms with Crippen LogP contribution in [0.25, 0.3) is 10.9 Å². The molecule has 0 fully saturated rings. The molecule has 0 aliphatic rings. The number of ether oxygens (including phenoxy) is 2. The quantitative estimate of drug-likeness (QED) is 0.802. The second-order valence-electron chi connectivity index (χ2n) is 4.80. The third-order valence-corrected chi connectivity index (χ3v) is 2.77. The number of rotatable bonds is 6. The fourth-order valence-electron chi connectivity index (χ4n) is 2.06. The molecular weight excluding hydrogens is 242 g/mol. The molecule has 0 spiro atoms. The molecule has 0 N–H and O–H groups in total. The highest BCUT2D eigenvalue weighted by Crippen LogP contribution is 2.22. The molecule has 0 aliphatic carbocycles. The summed E-state index contributed by atoms with van der Waals surface area (Å²) in [7, 11) is 1.53. The topological polar surface area (TPSA) is 40.5 Å². The van der Waals surface area contributed by atoms with Crippen molar-refractivity contribution in [3.8, 4) is 5.75 Å². The van der Waals surface area contributed by atoms with Crippen LogP contribution in [0.15, 0.2) is 30.5 Å². The van der Waals surface area contributed by atoms with Gasteiger partial charge in [-0.15, -0.1) is 0 Å². The number of ketones is 1. The van der Waals surface area contributed by atoms with Gasteiger partial charge in [-0.2, -0.15) is 0 Å². The van der Waals surface area contributed by atoms with Gasteiger partial charge >= 0.3 is 0 Å². The lowest BCUT2D eigenvalue weighted by molar-refractivity contribution is -0.123. The van der Waals surface area contributed by atoms with Gasteiger partial charge in [0.15, 0.2) is 5.78 Å². The maximum atomic E-state index is 11.6. The number of aromatic nitrogens is 1. The van der Waals surface area contributed by atoms with Gasteiger partial charge in [-0.25, -0.2) is 0 Å². The van der Waals surface area contributed by atoms with Crippen molar-refractivity contribution in [1.29, 1.82) is 0 Å². The van der Waals surface area contributed by atoms with Crippen LogP contribution < -0.4 is 4.74 Å². The van der Waals surface area contributed by atoms with E-state index in [2.05, 4.69) is 0 Å². The number of nitrogens with zero attached hydrogens (tertiary/aromatic N) is 1. The molecule has 102 valence electrons. The van der Waals surface area contributed by atoms with Crippen molar-refractivity contribution in [3.05, 3.63) is 30.5 Å². The van der Waals surface area contributed by atoms with Gasteiger partial charge in [0.2, 0.25) is 0 Å². The van der Waals surface area contributed by atoms with Crippen molar-refractivity contribution < 1.29 is 14.3 Å². The maximum absolute atomic E-state index is 11.6. The fraction of sp³-hybridized carbons (Fsp3) is 0.400. The number of carbonyl (C=O) groups excluding carboxylic acids is 1. The molecule has 0 aliphatic heterocycles. The standard InChI is InChI=1S/C15H19NO3/c1-11(2)19-14-4-5-15-12(8-14)6-7-16(15)9-13(17)10-18-3/h4-8,11H,9-10H2,1-3H3. The van der Waals surface area contributed by atoms with Gasteiger partial charge < -0.3 is 14.0 Å². The van der Waals surface area contributed by atoms with Gasteiger partial charge in [0.1, 0.15) is 12.4 Å². The molecule has 1 aromatic carbocycles. The van der Waals surface area contributed by atoms with Gasteiger partial charge in [-0.3, -0.25) is 4.79 Å². The Balaban J connectivity index is 2.21. The van der Waals surface area contributed by atoms with Gasteiger partial charge in [0.25, 0.3) is 0 Å². The normalized spacial score (nSPS) is 11.2. The molecule has 1 heterocycles. The number of Topliss-reactive ketones (excluding diaryl/α,β-unsaturated/α-hetero) is 1. The largest absolute Gasteiger partial charge is 0.491 e. The summed E-state index contributed by atoms with van der Waals surface area (Å²) < 4.78 is 12.4. The Morgan fingerprint density at radius 2 is 2.11 bits per heavy atom. The summed E-state index contributed by atoms with van der Waals surface area (Å²) in [5, 5.41) is 1.07. The second kappa shape index (κ2) is 5.89. The van der Waals surface area contributed by atoms with E-state index in [9.17, 15) is 4.79 Å². The maximum Gasteiger partial charge on any atom is 0.178 e. The SMILES string of the molecule is COCC(=O)Cn1ccc2cc(OC(C)C)ccc21. The molecule has 0 saturated heterocycles. The first kappa shape index (κ1) is 13.6. The molecular formula is C15H19NO3. The van der Waals surface area contributed by atoms with Crippen molar-refractivity contribution in [2.75, 3.05) is 13.7 Å². The highest BCUT2D eigenvalue weighted by molar-refractivity contribution is 5.85. The highest BCUT2D eigenvalue weighted by atomic mass is 16.5. The van der Waals surface area contributed by atoms with Crippen molar-refractivity contribution in [2.24, 2.45) is 0 Å². The number of benzene rings is 1. The van der Waals surface area contributed by atoms with Gasteiger partial charge in [0.05, 0.1) is 12.6 Å². The summed E-state index contributed by atoms with van der Waals surface area (Å²) >= 11 is 0. The van der Waals surface area contributed by atoms with Crippen LogP contribution >= 0.6 is 0 Å². The number of hydrogen-bond acceptors (Lipinski definition) is 3. The first-order valence-corrected chi connectivity index (χ1v) is 6.36. The second-order valence-corrected chi connectivity index (χ2v) is 4.80. The smallest absolute Gasteiger partial charge is 0.178 e. The molecule has 0 radical (unpaired) electrons. The fourth-order valence-corrected chi connectivity index (χ4v) is 2.06.